The number of hydrogen-bond acceptors (Lipinski definition) is 4. The molecule has 1 aromatic carbocycles. The summed E-state index contributed by atoms with van der Waals surface area (Å²) in [5.74, 6) is -0.696. The Bertz CT molecular complexity index is 719. The van der Waals surface area contributed by atoms with Crippen LogP contribution in [0.2, 0.25) is 0 Å². The van der Waals surface area contributed by atoms with E-state index in [1.165, 1.54) is 11.8 Å². The molecule has 1 aliphatic rings. The van der Waals surface area contributed by atoms with E-state index in [1.807, 2.05) is 30.3 Å². The Morgan fingerprint density at radius 1 is 1.04 bits per heavy atom. The highest BCUT2D eigenvalue weighted by atomic mass is 79.9. The van der Waals surface area contributed by atoms with E-state index >= 15 is 0 Å². The van der Waals surface area contributed by atoms with Crippen LogP contribution in [0.1, 0.15) is 63.4 Å². The van der Waals surface area contributed by atoms with Gasteiger partial charge in [-0.3, -0.25) is 14.5 Å². The van der Waals surface area contributed by atoms with Crippen LogP contribution in [0.4, 0.5) is 0 Å². The van der Waals surface area contributed by atoms with E-state index in [1.54, 1.807) is 4.90 Å². The first-order valence-electron chi connectivity index (χ1n) is 9.70. The number of nitrogens with zero attached hydrogens (tertiary/aromatic N) is 1. The van der Waals surface area contributed by atoms with Gasteiger partial charge >= 0.3 is 5.97 Å². The van der Waals surface area contributed by atoms with Crippen LogP contribution in [0, 0.1) is 0 Å². The van der Waals surface area contributed by atoms with Crippen LogP contribution in [-0.2, 0) is 9.59 Å². The number of unbranched alkanes of at least 4 members (excludes halogenated alkanes) is 7. The molecule has 152 valence electrons. The van der Waals surface area contributed by atoms with Crippen molar-refractivity contribution in [2.24, 2.45) is 0 Å². The van der Waals surface area contributed by atoms with Gasteiger partial charge in [-0.2, -0.15) is 0 Å². The molecule has 1 aromatic rings. The third-order valence-corrected chi connectivity index (χ3v) is 6.47. The van der Waals surface area contributed by atoms with E-state index in [0.29, 0.717) is 15.8 Å². The number of thioether (sulfide) groups is 1. The summed E-state index contributed by atoms with van der Waals surface area (Å²) in [5, 5.41) is 8.60. The van der Waals surface area contributed by atoms with Crippen LogP contribution in [0.15, 0.2) is 33.6 Å². The lowest BCUT2D eigenvalue weighted by Gasteiger charge is -2.14. The van der Waals surface area contributed by atoms with Gasteiger partial charge in [-0.05, 0) is 36.6 Å². The maximum absolute atomic E-state index is 12.6. The Kier molecular flexibility index (Phi) is 10.2. The lowest BCUT2D eigenvalue weighted by molar-refractivity contribution is -0.137. The Morgan fingerprint density at radius 2 is 1.61 bits per heavy atom. The Hall–Kier alpha value is -1.18. The number of amides is 1. The maximum Gasteiger partial charge on any atom is 0.303 e. The van der Waals surface area contributed by atoms with Gasteiger partial charge < -0.3 is 5.11 Å². The molecule has 1 fully saturated rings. The van der Waals surface area contributed by atoms with Gasteiger partial charge in [-0.1, -0.05) is 90.6 Å². The quantitative estimate of drug-likeness (QED) is 0.216. The molecule has 1 amide bonds. The van der Waals surface area contributed by atoms with E-state index in [0.717, 1.165) is 61.4 Å². The molecule has 4 nitrogen and oxygen atoms in total. The van der Waals surface area contributed by atoms with E-state index in [2.05, 4.69) is 15.9 Å². The van der Waals surface area contributed by atoms with Crippen molar-refractivity contribution in [2.45, 2.75) is 57.8 Å². The predicted molar refractivity (Wildman–Crippen MR) is 123 cm³/mol. The third-order valence-electron chi connectivity index (χ3n) is 4.56. The van der Waals surface area contributed by atoms with Gasteiger partial charge in [-0.25, -0.2) is 0 Å². The first-order valence-corrected chi connectivity index (χ1v) is 11.7. The molecule has 0 unspecified atom stereocenters. The number of benzene rings is 1. The number of carbonyl (C=O) groups excluding carboxylic acids is 1. The third kappa shape index (κ3) is 8.05. The maximum atomic E-state index is 12.6. The van der Waals surface area contributed by atoms with Gasteiger partial charge in [0.15, 0.2) is 0 Å². The number of rotatable bonds is 12. The number of carboxylic acid groups (broad SMARTS) is 1. The highest BCUT2D eigenvalue weighted by Crippen LogP contribution is 2.33. The van der Waals surface area contributed by atoms with E-state index in [9.17, 15) is 9.59 Å². The molecule has 0 spiro atoms. The standard InChI is InChI=1S/C21H26BrNO3S2/c22-17-12-10-16(11-13-17)15-18-20(26)23(21(27)28-18)14-8-6-4-2-1-3-5-7-9-19(24)25/h10-13,15H,1-9,14H2,(H,24,25)/b18-15-. The van der Waals surface area contributed by atoms with Gasteiger partial charge in [0.2, 0.25) is 0 Å². The van der Waals surface area contributed by atoms with Crippen molar-refractivity contribution in [3.63, 3.8) is 0 Å². The summed E-state index contributed by atoms with van der Waals surface area (Å²) in [5.41, 5.74) is 0.993. The second-order valence-electron chi connectivity index (χ2n) is 6.86. The second-order valence-corrected chi connectivity index (χ2v) is 9.45. The lowest BCUT2D eigenvalue weighted by Crippen LogP contribution is -2.29. The molecule has 1 aliphatic heterocycles. The van der Waals surface area contributed by atoms with Crippen LogP contribution in [0.3, 0.4) is 0 Å². The number of aliphatic carboxylic acids is 1. The zero-order valence-electron chi connectivity index (χ0n) is 15.9. The molecule has 0 bridgehead atoms. The monoisotopic (exact) mass is 483 g/mol. The van der Waals surface area contributed by atoms with E-state index in [-0.39, 0.29) is 12.3 Å². The van der Waals surface area contributed by atoms with Crippen LogP contribution in [0.25, 0.3) is 6.08 Å². The summed E-state index contributed by atoms with van der Waals surface area (Å²) in [6.45, 7) is 0.682. The lowest BCUT2D eigenvalue weighted by atomic mass is 10.1. The molecular weight excluding hydrogens is 458 g/mol. The van der Waals surface area contributed by atoms with Gasteiger partial charge in [0.1, 0.15) is 4.32 Å². The van der Waals surface area contributed by atoms with Crippen LogP contribution in [0.5, 0.6) is 0 Å². The highest BCUT2D eigenvalue weighted by molar-refractivity contribution is 9.10. The SMILES string of the molecule is O=C(O)CCCCCCCCCCN1C(=O)/C(=C/c2ccc(Br)cc2)SC1=S. The number of halogens is 1. The molecule has 1 N–H and O–H groups in total. The fourth-order valence-electron chi connectivity index (χ4n) is 3.01. The normalized spacial score (nSPS) is 15.6. The molecule has 0 aliphatic carbocycles. The van der Waals surface area contributed by atoms with Crippen LogP contribution < -0.4 is 0 Å². The summed E-state index contributed by atoms with van der Waals surface area (Å²) in [7, 11) is 0. The Morgan fingerprint density at radius 3 is 2.21 bits per heavy atom. The number of carboxylic acids is 1. The molecule has 1 heterocycles. The van der Waals surface area contributed by atoms with Crippen molar-refractivity contribution in [1.29, 1.82) is 0 Å². The summed E-state index contributed by atoms with van der Waals surface area (Å²) < 4.78 is 1.66. The minimum absolute atomic E-state index is 0.0105. The summed E-state index contributed by atoms with van der Waals surface area (Å²) >= 11 is 10.2. The summed E-state index contributed by atoms with van der Waals surface area (Å²) in [6, 6.07) is 7.86. The van der Waals surface area contributed by atoms with Crippen molar-refractivity contribution < 1.29 is 14.7 Å². The molecular formula is C21H26BrNO3S2. The van der Waals surface area contributed by atoms with Gasteiger partial charge in [0.25, 0.3) is 5.91 Å². The first kappa shape index (κ1) is 23.1. The predicted octanol–water partition coefficient (Wildman–Crippen LogP) is 6.25. The minimum atomic E-state index is -0.706. The average Bonchev–Trinajstić information content (AvgIpc) is 2.92. The van der Waals surface area contributed by atoms with Crippen molar-refractivity contribution in [3.05, 3.63) is 39.2 Å². The van der Waals surface area contributed by atoms with E-state index < -0.39 is 5.97 Å². The fraction of sp³-hybridized carbons (Fsp3) is 0.476. The first-order chi connectivity index (χ1) is 13.5. The van der Waals surface area contributed by atoms with Crippen molar-refractivity contribution >= 4 is 62.2 Å². The molecule has 0 saturated carbocycles. The molecule has 0 atom stereocenters. The van der Waals surface area contributed by atoms with E-state index in [4.69, 9.17) is 17.3 Å². The number of hydrogen-bond donors (Lipinski definition) is 1. The molecule has 1 saturated heterocycles. The second kappa shape index (κ2) is 12.4. The van der Waals surface area contributed by atoms with Crippen LogP contribution >= 0.6 is 39.9 Å². The van der Waals surface area contributed by atoms with Crippen molar-refractivity contribution in [2.75, 3.05) is 6.54 Å². The van der Waals surface area contributed by atoms with Crippen molar-refractivity contribution in [1.82, 2.24) is 4.90 Å². The molecule has 0 radical (unpaired) electrons. The zero-order valence-corrected chi connectivity index (χ0v) is 19.1. The van der Waals surface area contributed by atoms with Gasteiger partial charge in [0.05, 0.1) is 4.91 Å². The van der Waals surface area contributed by atoms with Gasteiger partial charge in [-0.15, -0.1) is 0 Å². The topological polar surface area (TPSA) is 57.6 Å². The molecule has 7 heteroatoms. The Balaban J connectivity index is 1.64. The fourth-order valence-corrected chi connectivity index (χ4v) is 4.58. The Labute approximate surface area is 184 Å². The van der Waals surface area contributed by atoms with Crippen LogP contribution in [-0.4, -0.2) is 32.7 Å². The zero-order chi connectivity index (χ0) is 20.4. The summed E-state index contributed by atoms with van der Waals surface area (Å²) in [4.78, 5) is 25.4. The summed E-state index contributed by atoms with van der Waals surface area (Å²) in [6.07, 6.45) is 10.5. The highest BCUT2D eigenvalue weighted by Gasteiger charge is 2.31. The minimum Gasteiger partial charge on any atom is -0.481 e. The number of carbonyl (C=O) groups is 2. The largest absolute Gasteiger partial charge is 0.481 e. The molecule has 0 aromatic heterocycles. The molecule has 28 heavy (non-hydrogen) atoms. The van der Waals surface area contributed by atoms with Crippen molar-refractivity contribution in [3.8, 4) is 0 Å². The average molecular weight is 484 g/mol. The smallest absolute Gasteiger partial charge is 0.303 e. The molecule has 2 rings (SSSR count). The van der Waals surface area contributed by atoms with Gasteiger partial charge in [0, 0.05) is 17.4 Å². The number of thiocarbonyl (C=S) groups is 1.